The van der Waals surface area contributed by atoms with Crippen LogP contribution in [0.15, 0.2) is 191 Å². The van der Waals surface area contributed by atoms with E-state index in [-0.39, 0.29) is 76.2 Å². The molecule has 0 saturated heterocycles. The van der Waals surface area contributed by atoms with Crippen LogP contribution < -0.4 is 21.5 Å². The van der Waals surface area contributed by atoms with E-state index in [0.717, 1.165) is 189 Å². The molecule has 9 aromatic heterocycles. The fraction of sp³-hybridized carbons (Fsp3) is 0.364. The van der Waals surface area contributed by atoms with Crippen LogP contribution in [-0.2, 0) is 151 Å². The quantitative estimate of drug-likeness (QED) is 0.00523. The highest BCUT2D eigenvalue weighted by molar-refractivity contribution is 9.08. The number of rotatable bonds is 47. The number of aliphatic carboxylic acids is 2. The Balaban J connectivity index is 0.000000310. The number of hydrogen-bond acceptors (Lipinski definition) is 26. The lowest BCUT2D eigenvalue weighted by Gasteiger charge is -2.12. The molecule has 0 aliphatic heterocycles. The molecule has 0 aliphatic rings. The number of carbonyl (C=O) groups excluding carboxylic acids is 10. The second-order valence-corrected chi connectivity index (χ2v) is 37.2. The van der Waals surface area contributed by atoms with Gasteiger partial charge in [0.2, 0.25) is 0 Å². The normalized spacial score (nSPS) is 11.1. The molecule has 0 saturated carbocycles. The van der Waals surface area contributed by atoms with Crippen molar-refractivity contribution in [1.82, 2.24) is 43.2 Å². The number of thiophene rings is 4. The van der Waals surface area contributed by atoms with Gasteiger partial charge in [0.25, 0.3) is 5.82 Å². The molecule has 37 heteroatoms. The van der Waals surface area contributed by atoms with Crippen molar-refractivity contribution < 1.29 is 123 Å². The number of allylic oxidation sites excluding steroid dienone is 2. The van der Waals surface area contributed by atoms with Crippen LogP contribution in [0.1, 0.15) is 254 Å². The second-order valence-electron chi connectivity index (χ2n) is 32.5. The van der Waals surface area contributed by atoms with Gasteiger partial charge in [0.1, 0.15) is 60.0 Å². The first-order valence-electron chi connectivity index (χ1n) is 46.6. The van der Waals surface area contributed by atoms with Crippen molar-refractivity contribution in [2.24, 2.45) is 5.92 Å². The van der Waals surface area contributed by atoms with Crippen molar-refractivity contribution in [2.75, 3.05) is 35.5 Å². The first kappa shape index (κ1) is 121. The van der Waals surface area contributed by atoms with E-state index in [0.29, 0.717) is 99.3 Å². The Bertz CT molecular complexity index is 6110. The van der Waals surface area contributed by atoms with Gasteiger partial charge in [-0.3, -0.25) is 43.2 Å². The number of H-pyrrole nitrogens is 1. The number of carboxylic acids is 3. The van der Waals surface area contributed by atoms with Gasteiger partial charge in [-0.25, -0.2) is 48.2 Å². The van der Waals surface area contributed by atoms with Crippen molar-refractivity contribution in [3.8, 4) is 0 Å². The summed E-state index contributed by atoms with van der Waals surface area (Å²) in [5.41, 5.74) is 9.52. The predicted octanol–water partition coefficient (Wildman–Crippen LogP) is 16.7. The average Bonchev–Trinajstić information content (AvgIpc) is 1.64. The highest BCUT2D eigenvalue weighted by atomic mass is 79.9. The topological polar surface area (TPSA) is 420 Å². The Morgan fingerprint density at radius 3 is 1.30 bits per heavy atom. The summed E-state index contributed by atoms with van der Waals surface area (Å²) >= 11 is 9.59. The smallest absolute Gasteiger partial charge is 0.337 e. The first-order chi connectivity index (χ1) is 68.8. The number of aromatic amines is 1. The van der Waals surface area contributed by atoms with Crippen molar-refractivity contribution >= 4 is 157 Å². The summed E-state index contributed by atoms with van der Waals surface area (Å²) in [5.74, 6) is -0.931. The standard InChI is InChI=1S/C29H35N2O5S.C23H24N2O4S.C20H26N2O3S.C12H18N2O3.C9H9BrO2.C9H10O3S.C5H6N2O.BrH/c1-5-6-9-27-30(15-14-28(33)35-3)20-25(17-24(21(2)32)18-26-8-7-16-37-26)31(27)19-22-10-12-23(13-11-22)29(34)36-4;1-2-3-6-21-24-14-19(12-18(23(28)29)13-20-5-4-11-30-20)25(21)15-16-7-9-17(10-8-16)22(26)27;1-4-5-8-19-21-17(14-22(19)10-9-20(24)25-3)12-16(15(2)23)13-18-7-6-11-26-18;1-3-4-5-11-13-10(9-15)8-14(11)7-6-12(16)17-2;1-12-9(11)8-4-2-7(6-10)3-5-8;1-6(10)8(9(11)12)5-7-3-2-4-13-7;1-4-6-2-5(3-8)7-4;/h7-8,10-13,16-17,20H,5-6,9,14-15,18-19H2,1-4H3;4-5,7-12,14H,2-3,6,13,15H2,1H3,(H,26,27)(H,28,29);6-7,11-12,14H,4-5,8-10,13H2,1-3H3;8-9H,3-7H2,1-2H3;2-5H,6H2,1H3;2-4,8H,5H2,1H3,(H,11,12);2-3H,1H3,(H,6,7);1H/q+1;;;;;;;/p-1/b24-17+;18-12+;16-12+;;;;;. The number of aromatic carboxylic acids is 1. The van der Waals surface area contributed by atoms with Gasteiger partial charge in [-0.05, 0) is 170 Å². The van der Waals surface area contributed by atoms with Gasteiger partial charge in [-0.2, -0.15) is 0 Å². The third-order valence-corrected chi connectivity index (χ3v) is 26.0. The number of aromatic nitrogens is 10. The van der Waals surface area contributed by atoms with Crippen LogP contribution in [0.4, 0.5) is 0 Å². The van der Waals surface area contributed by atoms with Crippen molar-refractivity contribution in [3.05, 3.63) is 301 Å². The number of Topliss-reactive ketones (excluding diaryl/α,β-unsaturated/α-hetero) is 3. The summed E-state index contributed by atoms with van der Waals surface area (Å²) in [7, 11) is 6.90. The number of carbonyl (C=O) groups is 13. The molecule has 3 aromatic carbocycles. The largest absolute Gasteiger partial charge is 1.00 e. The highest BCUT2D eigenvalue weighted by Crippen LogP contribution is 2.26. The number of nitrogens with zero attached hydrogens (tertiary/aromatic N) is 9. The molecule has 9 heterocycles. The third kappa shape index (κ3) is 42.8. The molecule has 12 aromatic rings. The number of halogens is 2. The number of aldehydes is 2. The molecule has 0 aliphatic carbocycles. The summed E-state index contributed by atoms with van der Waals surface area (Å²) in [5, 5.41) is 36.1. The minimum Gasteiger partial charge on any atom is -1.00 e. The highest BCUT2D eigenvalue weighted by Gasteiger charge is 2.27. The average molecular weight is 2180 g/mol. The van der Waals surface area contributed by atoms with E-state index in [2.05, 4.69) is 87.2 Å². The van der Waals surface area contributed by atoms with Crippen molar-refractivity contribution in [2.45, 2.75) is 215 Å². The van der Waals surface area contributed by atoms with E-state index in [1.165, 1.54) is 71.3 Å². The molecule has 0 fully saturated rings. The number of ketones is 3. The Morgan fingerprint density at radius 1 is 0.479 bits per heavy atom. The second kappa shape index (κ2) is 66.6. The molecule has 1 unspecified atom stereocenters. The summed E-state index contributed by atoms with van der Waals surface area (Å²) in [4.78, 5) is 171. The number of benzene rings is 3. The van der Waals surface area contributed by atoms with Crippen LogP contribution in [0.5, 0.6) is 0 Å². The van der Waals surface area contributed by atoms with Gasteiger partial charge in [-0.1, -0.05) is 130 Å². The molecule has 0 amide bonds. The molecule has 0 radical (unpaired) electrons. The SMILES string of the molecule is CC(=O)C(Cc1cccs1)C(=O)O.CCCCc1n(Cc2ccc(C(=O)OC)cc2)c(/C=C(\Cc2cccs2)C(C)=O)c[n+]1CCC(=O)OC.CCCCc1nc(/C=C(\Cc2cccs2)C(C)=O)cn1CCC(=O)OC.CCCCc1nc(C=O)cn1CCC(=O)OC.CCCCc1ncc(/C=C(\Cc2cccs2)C(=O)O)n1Cc1ccc(C(=O)O)cc1.COC(=O)c1ccc(CBr)cc1.Cc1ncc(C=O)[nH]1.[Br-]. The lowest BCUT2D eigenvalue weighted by Crippen LogP contribution is -3.00. The van der Waals surface area contributed by atoms with Crippen LogP contribution in [0.25, 0.3) is 18.2 Å². The number of nitrogens with one attached hydrogen (secondary N) is 1. The zero-order chi connectivity index (χ0) is 105. The lowest BCUT2D eigenvalue weighted by molar-refractivity contribution is -0.702. The maximum absolute atomic E-state index is 12.6. The van der Waals surface area contributed by atoms with Gasteiger partial charge in [0, 0.05) is 125 Å². The number of unbranched alkanes of at least 4 members (excludes halogenated alkanes) is 4. The van der Waals surface area contributed by atoms with Gasteiger partial charge in [0.05, 0.1) is 101 Å². The Kier molecular flexibility index (Phi) is 56.1. The Morgan fingerprint density at radius 2 is 0.903 bits per heavy atom. The van der Waals surface area contributed by atoms with Crippen LogP contribution in [-0.4, -0.2) is 172 Å². The van der Waals surface area contributed by atoms with E-state index in [1.807, 2.05) is 133 Å². The van der Waals surface area contributed by atoms with Crippen LogP contribution in [0.2, 0.25) is 0 Å². The van der Waals surface area contributed by atoms with E-state index >= 15 is 0 Å². The molecule has 12 rings (SSSR count). The molecule has 144 heavy (non-hydrogen) atoms. The number of alkyl halides is 1. The number of ether oxygens (including phenoxy) is 5. The zero-order valence-corrected chi connectivity index (χ0v) is 89.9. The molecule has 0 bridgehead atoms. The molecular formula is C107H128Br2N10O21S4. The molecular weight excluding hydrogens is 2050 g/mol. The van der Waals surface area contributed by atoms with Gasteiger partial charge in [-0.15, -0.1) is 45.3 Å². The lowest BCUT2D eigenvalue weighted by atomic mass is 10.0. The van der Waals surface area contributed by atoms with E-state index in [1.54, 1.807) is 110 Å². The van der Waals surface area contributed by atoms with Crippen LogP contribution in [0, 0.1) is 12.8 Å². The fourth-order valence-electron chi connectivity index (χ4n) is 13.9. The summed E-state index contributed by atoms with van der Waals surface area (Å²) in [6.45, 7) is 17.4. The number of hydrogen-bond donors (Lipinski definition) is 4. The Hall–Kier alpha value is -13.2. The summed E-state index contributed by atoms with van der Waals surface area (Å²) in [6, 6.07) is 36.9. The fourth-order valence-corrected chi connectivity index (χ4v) is 17.2. The number of methoxy groups -OCH3 is 5. The summed E-state index contributed by atoms with van der Waals surface area (Å²) in [6.07, 6.45) is 30.1. The molecule has 0 spiro atoms. The Labute approximate surface area is 874 Å². The summed E-state index contributed by atoms with van der Waals surface area (Å²) < 4.78 is 33.7. The number of imidazole rings is 5. The monoisotopic (exact) mass is 2170 g/mol. The molecule has 31 nitrogen and oxygen atoms in total. The van der Waals surface area contributed by atoms with Crippen molar-refractivity contribution in [1.29, 1.82) is 0 Å². The maximum Gasteiger partial charge on any atom is 0.337 e. The molecule has 4 N–H and O–H groups in total. The zero-order valence-electron chi connectivity index (χ0n) is 83.5. The number of carboxylic acid groups (broad SMARTS) is 3. The van der Waals surface area contributed by atoms with E-state index in [9.17, 15) is 67.4 Å². The first-order valence-corrected chi connectivity index (χ1v) is 51.3. The minimum absolute atomic E-state index is 0. The van der Waals surface area contributed by atoms with Crippen molar-refractivity contribution in [3.63, 3.8) is 0 Å². The van der Waals surface area contributed by atoms with Gasteiger partial charge in [0.15, 0.2) is 29.8 Å². The maximum atomic E-state index is 12.6. The van der Waals surface area contributed by atoms with Gasteiger partial charge < -0.3 is 74.7 Å². The molecule has 1 atom stereocenters. The van der Waals surface area contributed by atoms with E-state index < -0.39 is 23.8 Å². The van der Waals surface area contributed by atoms with Gasteiger partial charge >= 0.3 is 47.8 Å². The van der Waals surface area contributed by atoms with Crippen LogP contribution in [0.3, 0.4) is 0 Å². The molecule has 770 valence electrons. The third-order valence-electron chi connectivity index (χ3n) is 21.8. The van der Waals surface area contributed by atoms with Crippen LogP contribution >= 0.6 is 61.3 Å². The number of esters is 5. The van der Waals surface area contributed by atoms with E-state index in [4.69, 9.17) is 24.4 Å². The predicted molar refractivity (Wildman–Crippen MR) is 556 cm³/mol. The minimum atomic E-state index is -1.04. The number of aryl methyl sites for hydroxylation is 7.